The number of ether oxygens (including phenoxy) is 2. The number of methoxy groups -OCH3 is 2. The SMILES string of the molecule is CNC(=O)Cc1c(-c2ccc(OC)cc2)n(Cc2ccccc2)c2ccc(OC)cc12. The Morgan fingerprint density at radius 1 is 0.903 bits per heavy atom. The van der Waals surface area contributed by atoms with Crippen LogP contribution >= 0.6 is 0 Å². The van der Waals surface area contributed by atoms with Gasteiger partial charge in [-0.3, -0.25) is 4.79 Å². The van der Waals surface area contributed by atoms with Crippen molar-refractivity contribution in [3.63, 3.8) is 0 Å². The number of carbonyl (C=O) groups is 1. The van der Waals surface area contributed by atoms with Gasteiger partial charge < -0.3 is 19.4 Å². The van der Waals surface area contributed by atoms with Crippen molar-refractivity contribution in [2.45, 2.75) is 13.0 Å². The number of aromatic nitrogens is 1. The molecular weight excluding hydrogens is 388 g/mol. The average Bonchev–Trinajstić information content (AvgIpc) is 3.11. The Kier molecular flexibility index (Phi) is 5.94. The first-order chi connectivity index (χ1) is 15.1. The van der Waals surface area contributed by atoms with Gasteiger partial charge >= 0.3 is 0 Å². The van der Waals surface area contributed by atoms with Crippen molar-refractivity contribution in [1.82, 2.24) is 9.88 Å². The molecule has 0 spiro atoms. The quantitative estimate of drug-likeness (QED) is 0.478. The summed E-state index contributed by atoms with van der Waals surface area (Å²) in [4.78, 5) is 12.5. The van der Waals surface area contributed by atoms with Crippen LogP contribution in [0.15, 0.2) is 72.8 Å². The van der Waals surface area contributed by atoms with Gasteiger partial charge in [-0.2, -0.15) is 0 Å². The number of hydrogen-bond acceptors (Lipinski definition) is 3. The minimum atomic E-state index is -0.0312. The topological polar surface area (TPSA) is 52.5 Å². The minimum Gasteiger partial charge on any atom is -0.497 e. The summed E-state index contributed by atoms with van der Waals surface area (Å²) in [7, 11) is 4.98. The second-order valence-corrected chi connectivity index (χ2v) is 7.36. The van der Waals surface area contributed by atoms with Crippen molar-refractivity contribution in [3.05, 3.63) is 83.9 Å². The van der Waals surface area contributed by atoms with E-state index >= 15 is 0 Å². The average molecular weight is 415 g/mol. The van der Waals surface area contributed by atoms with Crippen molar-refractivity contribution in [2.24, 2.45) is 0 Å². The Balaban J connectivity index is 1.99. The van der Waals surface area contributed by atoms with Gasteiger partial charge in [0.2, 0.25) is 5.91 Å². The van der Waals surface area contributed by atoms with E-state index in [9.17, 15) is 4.79 Å². The van der Waals surface area contributed by atoms with E-state index in [1.165, 1.54) is 5.56 Å². The molecule has 0 atom stereocenters. The normalized spacial score (nSPS) is 10.8. The number of likely N-dealkylation sites (N-methyl/N-ethyl adjacent to an activating group) is 1. The molecule has 0 aliphatic heterocycles. The molecule has 0 saturated carbocycles. The molecule has 1 amide bonds. The summed E-state index contributed by atoms with van der Waals surface area (Å²) in [5.74, 6) is 1.53. The number of hydrogen-bond donors (Lipinski definition) is 1. The zero-order valence-electron chi connectivity index (χ0n) is 18.0. The molecule has 1 aromatic heterocycles. The fraction of sp³-hybridized carbons (Fsp3) is 0.192. The highest BCUT2D eigenvalue weighted by Crippen LogP contribution is 2.37. The lowest BCUT2D eigenvalue weighted by molar-refractivity contribution is -0.119. The maximum atomic E-state index is 12.5. The monoisotopic (exact) mass is 414 g/mol. The Morgan fingerprint density at radius 2 is 1.58 bits per heavy atom. The van der Waals surface area contributed by atoms with Crippen LogP contribution in [0.5, 0.6) is 11.5 Å². The number of rotatable bonds is 7. The van der Waals surface area contributed by atoms with Crippen LogP contribution in [0.4, 0.5) is 0 Å². The van der Waals surface area contributed by atoms with E-state index in [0.29, 0.717) is 6.54 Å². The molecule has 5 heteroatoms. The van der Waals surface area contributed by atoms with Crippen molar-refractivity contribution in [3.8, 4) is 22.8 Å². The highest BCUT2D eigenvalue weighted by Gasteiger charge is 2.21. The summed E-state index contributed by atoms with van der Waals surface area (Å²) >= 11 is 0. The van der Waals surface area contributed by atoms with Crippen LogP contribution in [0.25, 0.3) is 22.2 Å². The van der Waals surface area contributed by atoms with E-state index in [-0.39, 0.29) is 12.3 Å². The Bertz CT molecular complexity index is 1200. The molecule has 3 aromatic carbocycles. The molecule has 0 aliphatic carbocycles. The number of nitrogens with zero attached hydrogens (tertiary/aromatic N) is 1. The van der Waals surface area contributed by atoms with Crippen LogP contribution < -0.4 is 14.8 Å². The molecule has 0 radical (unpaired) electrons. The standard InChI is InChI=1S/C26H26N2O3/c1-27-25(29)16-23-22-15-21(31-3)13-14-24(22)28(17-18-7-5-4-6-8-18)26(23)19-9-11-20(30-2)12-10-19/h4-15H,16-17H2,1-3H3,(H,27,29). The van der Waals surface area contributed by atoms with Crippen molar-refractivity contribution in [1.29, 1.82) is 0 Å². The van der Waals surface area contributed by atoms with Crippen LogP contribution in [0.2, 0.25) is 0 Å². The molecule has 4 rings (SSSR count). The second-order valence-electron chi connectivity index (χ2n) is 7.36. The number of fused-ring (bicyclic) bond motifs is 1. The van der Waals surface area contributed by atoms with E-state index < -0.39 is 0 Å². The van der Waals surface area contributed by atoms with Gasteiger partial charge in [-0.05, 0) is 59.2 Å². The van der Waals surface area contributed by atoms with Crippen LogP contribution in [0.3, 0.4) is 0 Å². The van der Waals surface area contributed by atoms with Gasteiger partial charge in [0.15, 0.2) is 0 Å². The first-order valence-electron chi connectivity index (χ1n) is 10.2. The van der Waals surface area contributed by atoms with E-state index in [4.69, 9.17) is 9.47 Å². The molecule has 5 nitrogen and oxygen atoms in total. The molecule has 1 N–H and O–H groups in total. The molecule has 0 saturated heterocycles. The van der Waals surface area contributed by atoms with Gasteiger partial charge in [-0.15, -0.1) is 0 Å². The van der Waals surface area contributed by atoms with Gasteiger partial charge in [-0.25, -0.2) is 0 Å². The summed E-state index contributed by atoms with van der Waals surface area (Å²) in [6.45, 7) is 0.693. The molecule has 4 aromatic rings. The lowest BCUT2D eigenvalue weighted by Crippen LogP contribution is -2.20. The Hall–Kier alpha value is -3.73. The smallest absolute Gasteiger partial charge is 0.224 e. The lowest BCUT2D eigenvalue weighted by Gasteiger charge is -2.14. The number of amides is 1. The van der Waals surface area contributed by atoms with Crippen LogP contribution in [-0.4, -0.2) is 31.7 Å². The molecule has 1 heterocycles. The minimum absolute atomic E-state index is 0.0312. The third-order valence-electron chi connectivity index (χ3n) is 5.54. The highest BCUT2D eigenvalue weighted by molar-refractivity contribution is 5.96. The van der Waals surface area contributed by atoms with Crippen molar-refractivity contribution in [2.75, 3.05) is 21.3 Å². The van der Waals surface area contributed by atoms with E-state index in [1.807, 2.05) is 54.6 Å². The van der Waals surface area contributed by atoms with Crippen molar-refractivity contribution >= 4 is 16.8 Å². The first-order valence-corrected chi connectivity index (χ1v) is 10.2. The first kappa shape index (κ1) is 20.5. The molecule has 0 fully saturated rings. The van der Waals surface area contributed by atoms with Gasteiger partial charge in [0.05, 0.1) is 26.3 Å². The lowest BCUT2D eigenvalue weighted by atomic mass is 10.0. The number of benzene rings is 3. The summed E-state index contributed by atoms with van der Waals surface area (Å²) in [5, 5.41) is 3.78. The van der Waals surface area contributed by atoms with Crippen molar-refractivity contribution < 1.29 is 14.3 Å². The number of carbonyl (C=O) groups excluding carboxylic acids is 1. The van der Waals surface area contributed by atoms with Crippen LogP contribution in [0, 0.1) is 0 Å². The zero-order valence-corrected chi connectivity index (χ0v) is 18.0. The van der Waals surface area contributed by atoms with Crippen LogP contribution in [0.1, 0.15) is 11.1 Å². The molecule has 0 aliphatic rings. The largest absolute Gasteiger partial charge is 0.497 e. The predicted molar refractivity (Wildman–Crippen MR) is 124 cm³/mol. The number of nitrogens with one attached hydrogen (secondary N) is 1. The molecule has 0 bridgehead atoms. The maximum Gasteiger partial charge on any atom is 0.224 e. The molecule has 31 heavy (non-hydrogen) atoms. The fourth-order valence-corrected chi connectivity index (χ4v) is 3.97. The Morgan fingerprint density at radius 3 is 2.23 bits per heavy atom. The van der Waals surface area contributed by atoms with Gasteiger partial charge in [-0.1, -0.05) is 30.3 Å². The summed E-state index contributed by atoms with van der Waals surface area (Å²) in [6.07, 6.45) is 0.281. The maximum absolute atomic E-state index is 12.5. The summed E-state index contributed by atoms with van der Waals surface area (Å²) < 4.78 is 13.1. The predicted octanol–water partition coefficient (Wildman–Crippen LogP) is 4.66. The Labute approximate surface area is 182 Å². The third kappa shape index (κ3) is 4.12. The molecule has 158 valence electrons. The van der Waals surface area contributed by atoms with E-state index in [1.54, 1.807) is 21.3 Å². The van der Waals surface area contributed by atoms with E-state index in [0.717, 1.165) is 39.2 Å². The fourth-order valence-electron chi connectivity index (χ4n) is 3.97. The van der Waals surface area contributed by atoms with Gasteiger partial charge in [0.1, 0.15) is 11.5 Å². The molecule has 0 unspecified atom stereocenters. The zero-order chi connectivity index (χ0) is 21.8. The summed E-state index contributed by atoms with van der Waals surface area (Å²) in [6, 6.07) is 24.4. The van der Waals surface area contributed by atoms with Gasteiger partial charge in [0.25, 0.3) is 0 Å². The third-order valence-corrected chi connectivity index (χ3v) is 5.54. The van der Waals surface area contributed by atoms with E-state index in [2.05, 4.69) is 28.1 Å². The highest BCUT2D eigenvalue weighted by atomic mass is 16.5. The van der Waals surface area contributed by atoms with Gasteiger partial charge in [0, 0.05) is 24.5 Å². The van der Waals surface area contributed by atoms with Crippen LogP contribution in [-0.2, 0) is 17.8 Å². The summed E-state index contributed by atoms with van der Waals surface area (Å²) in [5.41, 5.74) is 5.30. The second kappa shape index (κ2) is 8.96. The molecular formula is C26H26N2O3.